The van der Waals surface area contributed by atoms with Crippen molar-refractivity contribution in [3.05, 3.63) is 47.9 Å². The quantitative estimate of drug-likeness (QED) is 0.914. The van der Waals surface area contributed by atoms with E-state index in [1.807, 2.05) is 20.8 Å². The highest BCUT2D eigenvalue weighted by molar-refractivity contribution is 5.93. The maximum atomic E-state index is 13.2. The fraction of sp³-hybridized carbons (Fsp3) is 0.267. The van der Waals surface area contributed by atoms with Crippen LogP contribution in [0.25, 0.3) is 0 Å². The summed E-state index contributed by atoms with van der Waals surface area (Å²) in [6.45, 7) is 5.56. The summed E-state index contributed by atoms with van der Waals surface area (Å²) in [5, 5.41) is 5.57. The zero-order valence-electron chi connectivity index (χ0n) is 12.4. The summed E-state index contributed by atoms with van der Waals surface area (Å²) in [6, 6.07) is 4.82. The van der Waals surface area contributed by atoms with Crippen LogP contribution in [-0.4, -0.2) is 21.4 Å². The first kappa shape index (κ1) is 15.8. The van der Waals surface area contributed by atoms with E-state index in [1.54, 1.807) is 0 Å². The number of rotatable bonds is 3. The molecule has 0 atom stereocenters. The first-order chi connectivity index (χ1) is 10.2. The van der Waals surface area contributed by atoms with Gasteiger partial charge in [-0.15, -0.1) is 0 Å². The number of benzene rings is 1. The Kier molecular flexibility index (Phi) is 4.35. The SMILES string of the molecule is CC(C)(C)NC(=O)c1cc(Nc2ccc(F)c(F)c2)ncn1. The first-order valence-electron chi connectivity index (χ1n) is 6.61. The van der Waals surface area contributed by atoms with Gasteiger partial charge in [-0.1, -0.05) is 0 Å². The molecule has 1 amide bonds. The Morgan fingerprint density at radius 2 is 1.82 bits per heavy atom. The maximum Gasteiger partial charge on any atom is 0.270 e. The molecule has 0 bridgehead atoms. The molecule has 0 aliphatic rings. The molecular formula is C15H16F2N4O. The van der Waals surface area contributed by atoms with E-state index in [0.29, 0.717) is 11.5 Å². The molecule has 1 aromatic carbocycles. The fourth-order valence-electron chi connectivity index (χ4n) is 1.68. The van der Waals surface area contributed by atoms with E-state index in [4.69, 9.17) is 0 Å². The molecule has 2 N–H and O–H groups in total. The minimum absolute atomic E-state index is 0.176. The van der Waals surface area contributed by atoms with Gasteiger partial charge in [-0.25, -0.2) is 18.7 Å². The Balaban J connectivity index is 2.17. The van der Waals surface area contributed by atoms with E-state index < -0.39 is 17.2 Å². The lowest BCUT2D eigenvalue weighted by Gasteiger charge is -2.20. The summed E-state index contributed by atoms with van der Waals surface area (Å²) in [6.07, 6.45) is 1.22. The lowest BCUT2D eigenvalue weighted by molar-refractivity contribution is 0.0914. The number of carbonyl (C=O) groups excluding carboxylic acids is 1. The topological polar surface area (TPSA) is 66.9 Å². The number of nitrogens with zero attached hydrogens (tertiary/aromatic N) is 2. The molecule has 22 heavy (non-hydrogen) atoms. The van der Waals surface area contributed by atoms with E-state index in [0.717, 1.165) is 12.1 Å². The van der Waals surface area contributed by atoms with Crippen LogP contribution in [-0.2, 0) is 0 Å². The molecule has 0 spiro atoms. The number of nitrogens with one attached hydrogen (secondary N) is 2. The van der Waals surface area contributed by atoms with Crippen LogP contribution in [0.15, 0.2) is 30.6 Å². The average Bonchev–Trinajstić information content (AvgIpc) is 2.41. The number of anilines is 2. The van der Waals surface area contributed by atoms with Crippen LogP contribution in [0, 0.1) is 11.6 Å². The van der Waals surface area contributed by atoms with Crippen LogP contribution in [0.4, 0.5) is 20.3 Å². The maximum absolute atomic E-state index is 13.2. The molecule has 2 rings (SSSR count). The van der Waals surface area contributed by atoms with Crippen molar-refractivity contribution in [2.24, 2.45) is 0 Å². The second kappa shape index (κ2) is 6.05. The number of hydrogen-bond acceptors (Lipinski definition) is 4. The number of carbonyl (C=O) groups is 1. The van der Waals surface area contributed by atoms with Crippen molar-refractivity contribution in [2.75, 3.05) is 5.32 Å². The van der Waals surface area contributed by atoms with Gasteiger partial charge in [0.15, 0.2) is 11.6 Å². The highest BCUT2D eigenvalue weighted by Gasteiger charge is 2.16. The Morgan fingerprint density at radius 3 is 2.45 bits per heavy atom. The molecule has 2 aromatic rings. The molecule has 0 aliphatic heterocycles. The van der Waals surface area contributed by atoms with Crippen molar-refractivity contribution in [1.29, 1.82) is 0 Å². The molecule has 1 aromatic heterocycles. The molecule has 1 heterocycles. The Bertz CT molecular complexity index is 698. The summed E-state index contributed by atoms with van der Waals surface area (Å²) in [5.41, 5.74) is 0.102. The Hall–Kier alpha value is -2.57. The summed E-state index contributed by atoms with van der Waals surface area (Å²) >= 11 is 0. The van der Waals surface area contributed by atoms with Crippen LogP contribution in [0.5, 0.6) is 0 Å². The smallest absolute Gasteiger partial charge is 0.270 e. The third-order valence-electron chi connectivity index (χ3n) is 2.58. The minimum Gasteiger partial charge on any atom is -0.346 e. The van der Waals surface area contributed by atoms with Gasteiger partial charge in [0.05, 0.1) is 0 Å². The van der Waals surface area contributed by atoms with Crippen LogP contribution >= 0.6 is 0 Å². The zero-order valence-corrected chi connectivity index (χ0v) is 12.4. The van der Waals surface area contributed by atoms with Gasteiger partial charge in [0.25, 0.3) is 5.91 Å². The molecular weight excluding hydrogens is 290 g/mol. The monoisotopic (exact) mass is 306 g/mol. The van der Waals surface area contributed by atoms with Gasteiger partial charge in [0.1, 0.15) is 17.8 Å². The molecule has 0 saturated heterocycles. The van der Waals surface area contributed by atoms with Gasteiger partial charge < -0.3 is 10.6 Å². The first-order valence-corrected chi connectivity index (χ1v) is 6.61. The standard InChI is InChI=1S/C15H16F2N4O/c1-15(2,3)21-14(22)12-7-13(19-8-18-12)20-9-4-5-10(16)11(17)6-9/h4-8H,1-3H3,(H,21,22)(H,18,19,20). The van der Waals surface area contributed by atoms with Crippen molar-refractivity contribution in [2.45, 2.75) is 26.3 Å². The minimum atomic E-state index is -0.968. The second-order valence-corrected chi connectivity index (χ2v) is 5.75. The van der Waals surface area contributed by atoms with E-state index in [1.165, 1.54) is 18.5 Å². The van der Waals surface area contributed by atoms with Crippen molar-refractivity contribution in [3.8, 4) is 0 Å². The van der Waals surface area contributed by atoms with Crippen molar-refractivity contribution in [3.63, 3.8) is 0 Å². The second-order valence-electron chi connectivity index (χ2n) is 5.75. The zero-order chi connectivity index (χ0) is 16.3. The summed E-state index contributed by atoms with van der Waals surface area (Å²) in [7, 11) is 0. The molecule has 7 heteroatoms. The third kappa shape index (κ3) is 4.21. The highest BCUT2D eigenvalue weighted by Crippen LogP contribution is 2.17. The number of halogens is 2. The van der Waals surface area contributed by atoms with Crippen LogP contribution in [0.1, 0.15) is 31.3 Å². The molecule has 0 unspecified atom stereocenters. The Labute approximate surface area is 126 Å². The van der Waals surface area contributed by atoms with Gasteiger partial charge in [-0.3, -0.25) is 4.79 Å². The lowest BCUT2D eigenvalue weighted by Crippen LogP contribution is -2.40. The van der Waals surface area contributed by atoms with Gasteiger partial charge in [-0.2, -0.15) is 0 Å². The van der Waals surface area contributed by atoms with Gasteiger partial charge in [0, 0.05) is 23.4 Å². The summed E-state index contributed by atoms with van der Waals surface area (Å²) in [5.74, 6) is -1.94. The third-order valence-corrected chi connectivity index (χ3v) is 2.58. The fourth-order valence-corrected chi connectivity index (χ4v) is 1.68. The summed E-state index contributed by atoms with van der Waals surface area (Å²) in [4.78, 5) is 19.9. The van der Waals surface area contributed by atoms with E-state index in [-0.39, 0.29) is 11.6 Å². The van der Waals surface area contributed by atoms with Crippen LogP contribution < -0.4 is 10.6 Å². The van der Waals surface area contributed by atoms with Gasteiger partial charge in [-0.05, 0) is 32.9 Å². The van der Waals surface area contributed by atoms with Crippen molar-refractivity contribution in [1.82, 2.24) is 15.3 Å². The van der Waals surface area contributed by atoms with Crippen LogP contribution in [0.3, 0.4) is 0 Å². The number of hydrogen-bond donors (Lipinski definition) is 2. The summed E-state index contributed by atoms with van der Waals surface area (Å²) < 4.78 is 26.0. The molecule has 0 saturated carbocycles. The van der Waals surface area contributed by atoms with E-state index in [9.17, 15) is 13.6 Å². The molecule has 0 aliphatic carbocycles. The largest absolute Gasteiger partial charge is 0.346 e. The van der Waals surface area contributed by atoms with E-state index >= 15 is 0 Å². The van der Waals surface area contributed by atoms with Gasteiger partial charge >= 0.3 is 0 Å². The number of amides is 1. The molecule has 0 radical (unpaired) electrons. The van der Waals surface area contributed by atoms with Crippen molar-refractivity contribution < 1.29 is 13.6 Å². The number of aromatic nitrogens is 2. The lowest BCUT2D eigenvalue weighted by atomic mass is 10.1. The van der Waals surface area contributed by atoms with Crippen LogP contribution in [0.2, 0.25) is 0 Å². The highest BCUT2D eigenvalue weighted by atomic mass is 19.2. The van der Waals surface area contributed by atoms with E-state index in [2.05, 4.69) is 20.6 Å². The molecule has 5 nitrogen and oxygen atoms in total. The Morgan fingerprint density at radius 1 is 1.09 bits per heavy atom. The predicted octanol–water partition coefficient (Wildman–Crippen LogP) is 3.03. The van der Waals surface area contributed by atoms with Crippen molar-refractivity contribution >= 4 is 17.4 Å². The molecule has 116 valence electrons. The predicted molar refractivity (Wildman–Crippen MR) is 78.9 cm³/mol. The normalized spacial score (nSPS) is 11.1. The average molecular weight is 306 g/mol. The van der Waals surface area contributed by atoms with Gasteiger partial charge in [0.2, 0.25) is 0 Å². The molecule has 0 fully saturated rings.